The average molecular weight is 239 g/mol. The SMILES string of the molecule is CCCCC(CC)CNC1CCOC1C1CC1. The molecule has 17 heavy (non-hydrogen) atoms. The molecule has 0 bridgehead atoms. The van der Waals surface area contributed by atoms with Gasteiger partial charge in [0.1, 0.15) is 0 Å². The molecule has 1 saturated carbocycles. The standard InChI is InChI=1S/C15H29NO/c1-3-5-6-12(4-2)11-16-14-9-10-17-15(14)13-7-8-13/h12-16H,3-11H2,1-2H3. The molecule has 3 unspecified atom stereocenters. The summed E-state index contributed by atoms with van der Waals surface area (Å²) in [4.78, 5) is 0. The Bertz CT molecular complexity index is 215. The highest BCUT2D eigenvalue weighted by Gasteiger charge is 2.40. The van der Waals surface area contributed by atoms with E-state index in [1.165, 1.54) is 51.5 Å². The molecule has 1 heterocycles. The Kier molecular flexibility index (Phi) is 5.30. The third kappa shape index (κ3) is 3.96. The van der Waals surface area contributed by atoms with Gasteiger partial charge in [-0.3, -0.25) is 0 Å². The van der Waals surface area contributed by atoms with Crippen molar-refractivity contribution in [1.29, 1.82) is 0 Å². The molecule has 0 aromatic rings. The monoisotopic (exact) mass is 239 g/mol. The second kappa shape index (κ2) is 6.75. The molecule has 2 heteroatoms. The van der Waals surface area contributed by atoms with Crippen LogP contribution in [0.3, 0.4) is 0 Å². The van der Waals surface area contributed by atoms with E-state index in [4.69, 9.17) is 4.74 Å². The first kappa shape index (κ1) is 13.4. The third-order valence-corrected chi connectivity index (χ3v) is 4.43. The Morgan fingerprint density at radius 1 is 1.24 bits per heavy atom. The lowest BCUT2D eigenvalue weighted by Gasteiger charge is -2.23. The lowest BCUT2D eigenvalue weighted by molar-refractivity contribution is 0.0802. The maximum absolute atomic E-state index is 5.87. The van der Waals surface area contributed by atoms with Gasteiger partial charge in [-0.1, -0.05) is 33.1 Å². The highest BCUT2D eigenvalue weighted by Crippen LogP contribution is 2.38. The Hall–Kier alpha value is -0.0800. The van der Waals surface area contributed by atoms with Crippen molar-refractivity contribution in [3.8, 4) is 0 Å². The summed E-state index contributed by atoms with van der Waals surface area (Å²) < 4.78 is 5.87. The molecular weight excluding hydrogens is 210 g/mol. The molecule has 3 atom stereocenters. The predicted molar refractivity (Wildman–Crippen MR) is 72.2 cm³/mol. The second-order valence-corrected chi connectivity index (χ2v) is 5.89. The Morgan fingerprint density at radius 2 is 2.06 bits per heavy atom. The largest absolute Gasteiger partial charge is 0.376 e. The van der Waals surface area contributed by atoms with Crippen LogP contribution in [-0.4, -0.2) is 25.3 Å². The van der Waals surface area contributed by atoms with Crippen LogP contribution in [-0.2, 0) is 4.74 Å². The van der Waals surface area contributed by atoms with Gasteiger partial charge < -0.3 is 10.1 Å². The van der Waals surface area contributed by atoms with Gasteiger partial charge in [-0.15, -0.1) is 0 Å². The summed E-state index contributed by atoms with van der Waals surface area (Å²) in [5, 5.41) is 3.79. The second-order valence-electron chi connectivity index (χ2n) is 5.89. The van der Waals surface area contributed by atoms with Crippen LogP contribution in [0.5, 0.6) is 0 Å². The van der Waals surface area contributed by atoms with Gasteiger partial charge in [0.25, 0.3) is 0 Å². The summed E-state index contributed by atoms with van der Waals surface area (Å²) in [5.41, 5.74) is 0. The molecule has 100 valence electrons. The van der Waals surface area contributed by atoms with Crippen molar-refractivity contribution >= 4 is 0 Å². The van der Waals surface area contributed by atoms with E-state index in [0.717, 1.165) is 18.4 Å². The predicted octanol–water partition coefficient (Wildman–Crippen LogP) is 3.36. The Balaban J connectivity index is 1.68. The molecule has 2 aliphatic rings. The fraction of sp³-hybridized carbons (Fsp3) is 1.00. The molecule has 1 N–H and O–H groups in total. The Labute approximate surface area is 107 Å². The molecule has 0 radical (unpaired) electrons. The van der Waals surface area contributed by atoms with E-state index < -0.39 is 0 Å². The van der Waals surface area contributed by atoms with Gasteiger partial charge >= 0.3 is 0 Å². The van der Waals surface area contributed by atoms with Crippen molar-refractivity contribution in [2.45, 2.75) is 70.9 Å². The van der Waals surface area contributed by atoms with Gasteiger partial charge in [0.15, 0.2) is 0 Å². The van der Waals surface area contributed by atoms with Gasteiger partial charge in [-0.25, -0.2) is 0 Å². The van der Waals surface area contributed by atoms with Gasteiger partial charge in [0.2, 0.25) is 0 Å². The van der Waals surface area contributed by atoms with Crippen molar-refractivity contribution in [1.82, 2.24) is 5.32 Å². The van der Waals surface area contributed by atoms with E-state index in [1.807, 2.05) is 0 Å². The number of ether oxygens (including phenoxy) is 1. The summed E-state index contributed by atoms with van der Waals surface area (Å²) >= 11 is 0. The van der Waals surface area contributed by atoms with Crippen molar-refractivity contribution in [2.24, 2.45) is 11.8 Å². The van der Waals surface area contributed by atoms with Gasteiger partial charge in [0.05, 0.1) is 6.10 Å². The highest BCUT2D eigenvalue weighted by atomic mass is 16.5. The van der Waals surface area contributed by atoms with E-state index in [0.29, 0.717) is 12.1 Å². The zero-order valence-electron chi connectivity index (χ0n) is 11.6. The first-order valence-corrected chi connectivity index (χ1v) is 7.70. The van der Waals surface area contributed by atoms with E-state index in [9.17, 15) is 0 Å². The van der Waals surface area contributed by atoms with Crippen molar-refractivity contribution in [3.63, 3.8) is 0 Å². The minimum absolute atomic E-state index is 0.540. The quantitative estimate of drug-likeness (QED) is 0.701. The molecule has 0 amide bonds. The van der Waals surface area contributed by atoms with Crippen molar-refractivity contribution in [3.05, 3.63) is 0 Å². The Morgan fingerprint density at radius 3 is 2.71 bits per heavy atom. The molecule has 1 saturated heterocycles. The van der Waals surface area contributed by atoms with Gasteiger partial charge in [-0.05, 0) is 44.1 Å². The van der Waals surface area contributed by atoms with Gasteiger partial charge in [-0.2, -0.15) is 0 Å². The average Bonchev–Trinajstić information content (AvgIpc) is 3.09. The van der Waals surface area contributed by atoms with Crippen LogP contribution in [0.2, 0.25) is 0 Å². The smallest absolute Gasteiger partial charge is 0.0756 e. The van der Waals surface area contributed by atoms with Crippen LogP contribution in [0.15, 0.2) is 0 Å². The minimum atomic E-state index is 0.540. The summed E-state index contributed by atoms with van der Waals surface area (Å²) in [6, 6.07) is 0.651. The maximum Gasteiger partial charge on any atom is 0.0756 e. The van der Waals surface area contributed by atoms with E-state index in [-0.39, 0.29) is 0 Å². The summed E-state index contributed by atoms with van der Waals surface area (Å²) in [6.45, 7) is 6.79. The number of nitrogens with one attached hydrogen (secondary N) is 1. The summed E-state index contributed by atoms with van der Waals surface area (Å²) in [7, 11) is 0. The summed E-state index contributed by atoms with van der Waals surface area (Å²) in [5.74, 6) is 1.75. The van der Waals surface area contributed by atoms with Crippen LogP contribution in [0.1, 0.15) is 58.8 Å². The topological polar surface area (TPSA) is 21.3 Å². The number of hydrogen-bond acceptors (Lipinski definition) is 2. The van der Waals surface area contributed by atoms with Crippen LogP contribution in [0.25, 0.3) is 0 Å². The zero-order valence-corrected chi connectivity index (χ0v) is 11.6. The van der Waals surface area contributed by atoms with E-state index in [2.05, 4.69) is 19.2 Å². The van der Waals surface area contributed by atoms with E-state index in [1.54, 1.807) is 0 Å². The van der Waals surface area contributed by atoms with Crippen LogP contribution < -0.4 is 5.32 Å². The fourth-order valence-electron chi connectivity index (χ4n) is 2.98. The molecule has 2 fully saturated rings. The molecule has 0 spiro atoms. The molecule has 2 rings (SSSR count). The zero-order chi connectivity index (χ0) is 12.1. The first-order chi connectivity index (χ1) is 8.35. The van der Waals surface area contributed by atoms with Crippen LogP contribution in [0, 0.1) is 11.8 Å². The number of rotatable bonds is 8. The highest BCUT2D eigenvalue weighted by molar-refractivity contribution is 4.93. The van der Waals surface area contributed by atoms with Crippen molar-refractivity contribution < 1.29 is 4.74 Å². The molecular formula is C15H29NO. The fourth-order valence-corrected chi connectivity index (χ4v) is 2.98. The lowest BCUT2D eigenvalue weighted by Crippen LogP contribution is -2.40. The normalized spacial score (nSPS) is 30.7. The molecule has 2 nitrogen and oxygen atoms in total. The molecule has 0 aromatic carbocycles. The molecule has 0 aromatic heterocycles. The van der Waals surface area contributed by atoms with Crippen molar-refractivity contribution in [2.75, 3.05) is 13.2 Å². The van der Waals surface area contributed by atoms with Crippen LogP contribution in [0.4, 0.5) is 0 Å². The number of unbranched alkanes of at least 4 members (excludes halogenated alkanes) is 1. The molecule has 1 aliphatic carbocycles. The molecule has 1 aliphatic heterocycles. The first-order valence-electron chi connectivity index (χ1n) is 7.70. The van der Waals surface area contributed by atoms with Gasteiger partial charge in [0, 0.05) is 12.6 Å². The van der Waals surface area contributed by atoms with Crippen LogP contribution >= 0.6 is 0 Å². The lowest BCUT2D eigenvalue weighted by atomic mass is 9.98. The maximum atomic E-state index is 5.87. The number of hydrogen-bond donors (Lipinski definition) is 1. The minimum Gasteiger partial charge on any atom is -0.376 e. The van der Waals surface area contributed by atoms with E-state index >= 15 is 0 Å². The summed E-state index contributed by atoms with van der Waals surface area (Å²) in [6.07, 6.45) is 9.98. The third-order valence-electron chi connectivity index (χ3n) is 4.43.